The van der Waals surface area contributed by atoms with E-state index in [4.69, 9.17) is 10.5 Å². The van der Waals surface area contributed by atoms with Gasteiger partial charge in [0.25, 0.3) is 0 Å². The highest BCUT2D eigenvalue weighted by molar-refractivity contribution is 5.97. The van der Waals surface area contributed by atoms with E-state index in [1.807, 2.05) is 6.08 Å². The Hall–Kier alpha value is -1.97. The summed E-state index contributed by atoms with van der Waals surface area (Å²) in [5.74, 6) is 0.654. The molecule has 19 heavy (non-hydrogen) atoms. The van der Waals surface area contributed by atoms with E-state index >= 15 is 0 Å². The topological polar surface area (TPSA) is 64.3 Å². The van der Waals surface area contributed by atoms with Gasteiger partial charge in [-0.1, -0.05) is 6.08 Å². The molecule has 1 aliphatic rings. The molecule has 1 heterocycles. The van der Waals surface area contributed by atoms with Crippen LogP contribution in [-0.2, 0) is 0 Å². The number of carbonyl (C=O) groups excluding carboxylic acids is 1. The molecule has 102 valence electrons. The number of Topliss-reactive ketones (excluding diaryl/α,β-unsaturated/α-hetero) is 1. The minimum atomic E-state index is -0.0113. The quantitative estimate of drug-likeness (QED) is 0.498. The summed E-state index contributed by atoms with van der Waals surface area (Å²) in [6.07, 6.45) is 4.77. The lowest BCUT2D eigenvalue weighted by atomic mass is 10.0. The Morgan fingerprint density at radius 1 is 1.63 bits per heavy atom. The minimum absolute atomic E-state index is 0.0113. The van der Waals surface area contributed by atoms with Crippen molar-refractivity contribution in [3.05, 3.63) is 30.4 Å². The predicted octanol–water partition coefficient (Wildman–Crippen LogP) is 3.00. The number of hydrogen-bond donors (Lipinski definition) is 2. The summed E-state index contributed by atoms with van der Waals surface area (Å²) >= 11 is 0. The third-order valence-electron chi connectivity index (χ3n) is 3.29. The number of fused-ring (bicyclic) bond motifs is 1. The van der Waals surface area contributed by atoms with E-state index in [0.29, 0.717) is 29.6 Å². The summed E-state index contributed by atoms with van der Waals surface area (Å²) in [6, 6.07) is 3.77. The monoisotopic (exact) mass is 260 g/mol. The Labute approximate surface area is 113 Å². The molecule has 0 fully saturated rings. The van der Waals surface area contributed by atoms with Gasteiger partial charge in [-0.3, -0.25) is 4.79 Å². The average Bonchev–Trinajstić information content (AvgIpc) is 2.34. The predicted molar refractivity (Wildman–Crippen MR) is 77.8 cm³/mol. The van der Waals surface area contributed by atoms with E-state index in [0.717, 1.165) is 24.9 Å². The molecule has 1 aromatic carbocycles. The molecule has 1 aliphatic heterocycles. The molecule has 0 radical (unpaired) electrons. The molecule has 0 aliphatic carbocycles. The normalized spacial score (nSPS) is 18.3. The average molecular weight is 260 g/mol. The van der Waals surface area contributed by atoms with E-state index in [-0.39, 0.29) is 5.78 Å². The third-order valence-corrected chi connectivity index (χ3v) is 3.29. The molecule has 4 heteroatoms. The molecule has 4 nitrogen and oxygen atoms in total. The van der Waals surface area contributed by atoms with Crippen LogP contribution in [0.15, 0.2) is 24.8 Å². The van der Waals surface area contributed by atoms with E-state index in [1.165, 1.54) is 6.92 Å². The molecular formula is C15H20N2O2. The van der Waals surface area contributed by atoms with Crippen molar-refractivity contribution in [3.63, 3.8) is 0 Å². The van der Waals surface area contributed by atoms with Crippen molar-refractivity contribution in [2.24, 2.45) is 0 Å². The second kappa shape index (κ2) is 5.78. The van der Waals surface area contributed by atoms with Crippen LogP contribution < -0.4 is 15.8 Å². The van der Waals surface area contributed by atoms with Crippen LogP contribution in [-0.4, -0.2) is 18.4 Å². The molecule has 0 saturated heterocycles. The molecule has 0 spiro atoms. The Kier molecular flexibility index (Phi) is 4.10. The Morgan fingerprint density at radius 2 is 2.42 bits per heavy atom. The van der Waals surface area contributed by atoms with E-state index < -0.39 is 0 Å². The zero-order valence-corrected chi connectivity index (χ0v) is 11.2. The molecule has 1 aromatic rings. The van der Waals surface area contributed by atoms with Gasteiger partial charge in [0.1, 0.15) is 11.4 Å². The second-order valence-corrected chi connectivity index (χ2v) is 4.85. The Bertz CT molecular complexity index is 497. The number of nitrogen functional groups attached to an aromatic ring is 1. The van der Waals surface area contributed by atoms with Crippen LogP contribution in [0.2, 0.25) is 0 Å². The molecule has 0 saturated carbocycles. The zero-order chi connectivity index (χ0) is 13.8. The van der Waals surface area contributed by atoms with Crippen molar-refractivity contribution < 1.29 is 9.53 Å². The molecule has 3 N–H and O–H groups in total. The first-order valence-corrected chi connectivity index (χ1v) is 6.56. The van der Waals surface area contributed by atoms with Crippen LogP contribution in [0.1, 0.15) is 36.5 Å². The fraction of sp³-hybridized carbons (Fsp3) is 0.400. The van der Waals surface area contributed by atoms with E-state index in [1.54, 1.807) is 12.1 Å². The highest BCUT2D eigenvalue weighted by atomic mass is 16.5. The lowest BCUT2D eigenvalue weighted by molar-refractivity contribution is 0.101. The van der Waals surface area contributed by atoms with Gasteiger partial charge in [0, 0.05) is 11.6 Å². The fourth-order valence-corrected chi connectivity index (χ4v) is 2.27. The lowest BCUT2D eigenvalue weighted by Gasteiger charge is -2.25. The number of nitrogens with two attached hydrogens (primary N) is 1. The van der Waals surface area contributed by atoms with Crippen LogP contribution in [0, 0.1) is 0 Å². The van der Waals surface area contributed by atoms with Gasteiger partial charge in [0.2, 0.25) is 0 Å². The summed E-state index contributed by atoms with van der Waals surface area (Å²) in [7, 11) is 0. The number of ketones is 1. The molecule has 0 amide bonds. The van der Waals surface area contributed by atoms with E-state index in [9.17, 15) is 4.79 Å². The number of ether oxygens (including phenoxy) is 1. The van der Waals surface area contributed by atoms with Gasteiger partial charge in [0.15, 0.2) is 5.78 Å². The van der Waals surface area contributed by atoms with Gasteiger partial charge in [0.05, 0.1) is 12.3 Å². The summed E-state index contributed by atoms with van der Waals surface area (Å²) in [5.41, 5.74) is 7.96. The van der Waals surface area contributed by atoms with Gasteiger partial charge in [-0.05, 0) is 38.3 Å². The number of hydrogen-bond acceptors (Lipinski definition) is 4. The lowest BCUT2D eigenvalue weighted by Crippen LogP contribution is -2.23. The van der Waals surface area contributed by atoms with Gasteiger partial charge < -0.3 is 15.8 Å². The van der Waals surface area contributed by atoms with Crippen molar-refractivity contribution in [1.29, 1.82) is 0 Å². The maximum atomic E-state index is 11.5. The van der Waals surface area contributed by atoms with Crippen LogP contribution in [0.3, 0.4) is 0 Å². The fourth-order valence-electron chi connectivity index (χ4n) is 2.27. The van der Waals surface area contributed by atoms with Crippen LogP contribution in [0.4, 0.5) is 11.4 Å². The first kappa shape index (κ1) is 13.5. The smallest absolute Gasteiger partial charge is 0.160 e. The molecule has 1 atom stereocenters. The second-order valence-electron chi connectivity index (χ2n) is 4.85. The van der Waals surface area contributed by atoms with Crippen molar-refractivity contribution in [2.45, 2.75) is 32.2 Å². The molecule has 2 rings (SSSR count). The van der Waals surface area contributed by atoms with E-state index in [2.05, 4.69) is 11.9 Å². The maximum absolute atomic E-state index is 11.5. The summed E-state index contributed by atoms with van der Waals surface area (Å²) in [4.78, 5) is 11.5. The maximum Gasteiger partial charge on any atom is 0.160 e. The highest BCUT2D eigenvalue weighted by Crippen LogP contribution is 2.35. The summed E-state index contributed by atoms with van der Waals surface area (Å²) in [5, 5.41) is 3.40. The number of carbonyl (C=O) groups is 1. The minimum Gasteiger partial charge on any atom is -0.491 e. The number of nitrogens with one attached hydrogen (secondary N) is 1. The Balaban J connectivity index is 2.37. The van der Waals surface area contributed by atoms with Crippen molar-refractivity contribution in [1.82, 2.24) is 0 Å². The molecular weight excluding hydrogens is 240 g/mol. The SMILES string of the molecule is C=CCC1CCCOc2cc(C(C)=O)cc(N)c2N1. The third kappa shape index (κ3) is 3.08. The number of rotatable bonds is 3. The van der Waals surface area contributed by atoms with Crippen molar-refractivity contribution in [2.75, 3.05) is 17.7 Å². The summed E-state index contributed by atoms with van der Waals surface area (Å²) < 4.78 is 5.71. The van der Waals surface area contributed by atoms with Crippen molar-refractivity contribution in [3.8, 4) is 5.75 Å². The number of anilines is 2. The van der Waals surface area contributed by atoms with Gasteiger partial charge in [-0.2, -0.15) is 0 Å². The molecule has 0 bridgehead atoms. The molecule has 0 aromatic heterocycles. The van der Waals surface area contributed by atoms with Crippen molar-refractivity contribution >= 4 is 17.2 Å². The van der Waals surface area contributed by atoms with Gasteiger partial charge >= 0.3 is 0 Å². The number of benzene rings is 1. The standard InChI is InChI=1S/C15H20N2O2/c1-3-5-12-6-4-7-19-14-9-11(10(2)18)8-13(16)15(14)17-12/h3,8-9,12,17H,1,4-7,16H2,2H3. The largest absolute Gasteiger partial charge is 0.491 e. The van der Waals surface area contributed by atoms with Crippen LogP contribution in [0.5, 0.6) is 5.75 Å². The van der Waals surface area contributed by atoms with Crippen LogP contribution >= 0.6 is 0 Å². The van der Waals surface area contributed by atoms with Crippen LogP contribution in [0.25, 0.3) is 0 Å². The molecule has 1 unspecified atom stereocenters. The van der Waals surface area contributed by atoms with Gasteiger partial charge in [-0.25, -0.2) is 0 Å². The first-order valence-electron chi connectivity index (χ1n) is 6.56. The summed E-state index contributed by atoms with van der Waals surface area (Å²) in [6.45, 7) is 5.95. The Morgan fingerprint density at radius 3 is 3.11 bits per heavy atom. The zero-order valence-electron chi connectivity index (χ0n) is 11.2. The highest BCUT2D eigenvalue weighted by Gasteiger charge is 2.18. The van der Waals surface area contributed by atoms with Gasteiger partial charge in [-0.15, -0.1) is 6.58 Å². The first-order chi connectivity index (χ1) is 9.11.